The number of fused-ring (bicyclic) bond motifs is 1. The summed E-state index contributed by atoms with van der Waals surface area (Å²) in [6.07, 6.45) is 0.669. The zero-order valence-electron chi connectivity index (χ0n) is 11.2. The zero-order chi connectivity index (χ0) is 15.4. The van der Waals surface area contributed by atoms with E-state index < -0.39 is 29.9 Å². The molecular formula is C12H15BrN4O4. The molecule has 4 atom stereocenters. The number of ether oxygens (including phenoxy) is 1. The Kier molecular flexibility index (Phi) is 3.40. The molecule has 0 aromatic rings. The monoisotopic (exact) mass is 358 g/mol. The lowest BCUT2D eigenvalue weighted by atomic mass is 9.97. The number of aliphatic hydroxyl groups is 2. The first-order valence-electron chi connectivity index (χ1n) is 6.44. The Morgan fingerprint density at radius 1 is 1.62 bits per heavy atom. The van der Waals surface area contributed by atoms with Crippen molar-refractivity contribution < 1.29 is 19.7 Å². The predicted octanol–water partition coefficient (Wildman–Crippen LogP) is -0.0721. The highest BCUT2D eigenvalue weighted by Crippen LogP contribution is 2.41. The van der Waals surface area contributed by atoms with E-state index in [1.165, 1.54) is 0 Å². The van der Waals surface area contributed by atoms with Crippen molar-refractivity contribution in [2.24, 2.45) is 16.0 Å². The summed E-state index contributed by atoms with van der Waals surface area (Å²) >= 11 is 3.36. The van der Waals surface area contributed by atoms with Gasteiger partial charge in [0.15, 0.2) is 5.82 Å². The molecule has 0 spiro atoms. The lowest BCUT2D eigenvalue weighted by Crippen LogP contribution is -2.43. The molecule has 1 saturated heterocycles. The maximum atomic E-state index is 12.0. The van der Waals surface area contributed by atoms with Crippen molar-refractivity contribution in [2.45, 2.75) is 37.3 Å². The molecule has 9 heteroatoms. The van der Waals surface area contributed by atoms with Crippen LogP contribution in [0.2, 0.25) is 0 Å². The van der Waals surface area contributed by atoms with Gasteiger partial charge in [0.2, 0.25) is 0 Å². The van der Waals surface area contributed by atoms with Crippen LogP contribution in [0.3, 0.4) is 0 Å². The summed E-state index contributed by atoms with van der Waals surface area (Å²) in [5.41, 5.74) is 5.16. The maximum Gasteiger partial charge on any atom is 0.291 e. The van der Waals surface area contributed by atoms with Crippen LogP contribution in [0.5, 0.6) is 0 Å². The van der Waals surface area contributed by atoms with Crippen LogP contribution in [0.1, 0.15) is 13.3 Å². The van der Waals surface area contributed by atoms with Crippen LogP contribution in [-0.4, -0.2) is 51.6 Å². The van der Waals surface area contributed by atoms with Gasteiger partial charge in [-0.1, -0.05) is 0 Å². The number of hydrogen-bond acceptors (Lipinski definition) is 7. The van der Waals surface area contributed by atoms with Crippen molar-refractivity contribution >= 4 is 21.8 Å². The summed E-state index contributed by atoms with van der Waals surface area (Å²) < 4.78 is 6.30. The molecular weight excluding hydrogens is 344 g/mol. The van der Waals surface area contributed by atoms with E-state index in [-0.39, 0.29) is 18.8 Å². The first-order valence-corrected chi connectivity index (χ1v) is 7.23. The fourth-order valence-electron chi connectivity index (χ4n) is 2.81. The second-order valence-corrected chi connectivity index (χ2v) is 6.34. The van der Waals surface area contributed by atoms with Crippen LogP contribution in [0, 0.1) is 0 Å². The van der Waals surface area contributed by atoms with Crippen LogP contribution in [0.15, 0.2) is 32.3 Å². The van der Waals surface area contributed by atoms with Crippen LogP contribution >= 0.6 is 15.9 Å². The van der Waals surface area contributed by atoms with Gasteiger partial charge in [0.25, 0.3) is 5.91 Å². The number of halogens is 1. The highest BCUT2D eigenvalue weighted by molar-refractivity contribution is 9.12. The lowest BCUT2D eigenvalue weighted by Gasteiger charge is -2.30. The number of amides is 1. The summed E-state index contributed by atoms with van der Waals surface area (Å²) in [7, 11) is 0. The minimum absolute atomic E-state index is 0.175. The Bertz CT molecular complexity index is 586. The highest BCUT2D eigenvalue weighted by Gasteiger charge is 2.50. The molecule has 0 saturated carbocycles. The van der Waals surface area contributed by atoms with Gasteiger partial charge in [-0.3, -0.25) is 4.79 Å². The molecule has 0 bridgehead atoms. The van der Waals surface area contributed by atoms with Gasteiger partial charge in [0, 0.05) is 22.7 Å². The smallest absolute Gasteiger partial charge is 0.291 e. The Morgan fingerprint density at radius 3 is 2.95 bits per heavy atom. The van der Waals surface area contributed by atoms with E-state index >= 15 is 0 Å². The Morgan fingerprint density at radius 2 is 2.33 bits per heavy atom. The van der Waals surface area contributed by atoms with Crippen molar-refractivity contribution in [1.29, 1.82) is 0 Å². The van der Waals surface area contributed by atoms with E-state index in [1.807, 2.05) is 0 Å². The summed E-state index contributed by atoms with van der Waals surface area (Å²) in [4.78, 5) is 13.7. The SMILES string of the molecule is C[C@@]1(O)C[C@H](N2C=C(Br)C3=C(N)N=NC(=O)C32)O[C@@H]1CO. The summed E-state index contributed by atoms with van der Waals surface area (Å²) in [5, 5.41) is 26.7. The van der Waals surface area contributed by atoms with E-state index in [0.29, 0.717) is 10.1 Å². The van der Waals surface area contributed by atoms with Gasteiger partial charge in [0.05, 0.1) is 12.2 Å². The van der Waals surface area contributed by atoms with E-state index in [9.17, 15) is 15.0 Å². The standard InChI is InChI=1S/C12H15BrN4O4/c1-12(20)2-7(21-6(12)4-18)17-3-5(13)8-9(17)11(19)16-15-10(8)14/h3,6-7,9,18,20H,2,4,14H2,1H3/t6-,7-,9?,12-/m1/s1. The molecule has 0 aliphatic carbocycles. The van der Waals surface area contributed by atoms with Crippen molar-refractivity contribution in [1.82, 2.24) is 4.90 Å². The lowest BCUT2D eigenvalue weighted by molar-refractivity contribution is -0.127. The van der Waals surface area contributed by atoms with E-state index in [2.05, 4.69) is 26.2 Å². The second kappa shape index (κ2) is 4.87. The number of nitrogens with zero attached hydrogens (tertiary/aromatic N) is 3. The fraction of sp³-hybridized carbons (Fsp3) is 0.583. The second-order valence-electron chi connectivity index (χ2n) is 5.49. The van der Waals surface area contributed by atoms with Crippen LogP contribution in [-0.2, 0) is 9.53 Å². The zero-order valence-corrected chi connectivity index (χ0v) is 12.8. The molecule has 0 aromatic carbocycles. The molecule has 1 unspecified atom stereocenters. The highest BCUT2D eigenvalue weighted by atomic mass is 79.9. The topological polar surface area (TPSA) is 121 Å². The third-order valence-electron chi connectivity index (χ3n) is 3.96. The predicted molar refractivity (Wildman–Crippen MR) is 74.7 cm³/mol. The van der Waals surface area contributed by atoms with Gasteiger partial charge < -0.3 is 25.6 Å². The first-order chi connectivity index (χ1) is 9.85. The van der Waals surface area contributed by atoms with Crippen molar-refractivity contribution in [2.75, 3.05) is 6.61 Å². The average molecular weight is 359 g/mol. The number of carbonyl (C=O) groups is 1. The van der Waals surface area contributed by atoms with Crippen molar-refractivity contribution in [3.05, 3.63) is 22.1 Å². The number of nitrogens with two attached hydrogens (primary N) is 1. The quantitative estimate of drug-likeness (QED) is 0.635. The molecule has 4 N–H and O–H groups in total. The van der Waals surface area contributed by atoms with E-state index in [1.54, 1.807) is 18.0 Å². The number of hydrogen-bond donors (Lipinski definition) is 3. The van der Waals surface area contributed by atoms with Crippen molar-refractivity contribution in [3.63, 3.8) is 0 Å². The van der Waals surface area contributed by atoms with Crippen LogP contribution in [0.4, 0.5) is 0 Å². The fourth-order valence-corrected chi connectivity index (χ4v) is 3.47. The molecule has 114 valence electrons. The molecule has 3 aliphatic rings. The summed E-state index contributed by atoms with van der Waals surface area (Å²) in [6, 6.07) is -0.713. The van der Waals surface area contributed by atoms with E-state index in [0.717, 1.165) is 0 Å². The Balaban J connectivity index is 1.92. The number of aliphatic hydroxyl groups excluding tert-OH is 1. The normalized spacial score (nSPS) is 39.0. The molecule has 1 fully saturated rings. The number of rotatable bonds is 2. The number of carbonyl (C=O) groups excluding carboxylic acids is 1. The van der Waals surface area contributed by atoms with Crippen molar-refractivity contribution in [3.8, 4) is 0 Å². The minimum atomic E-state index is -1.17. The average Bonchev–Trinajstić information content (AvgIpc) is 2.91. The van der Waals surface area contributed by atoms with Gasteiger partial charge >= 0.3 is 0 Å². The molecule has 3 heterocycles. The van der Waals surface area contributed by atoms with Gasteiger partial charge in [-0.15, -0.1) is 10.2 Å². The number of azo groups is 1. The first kappa shape index (κ1) is 14.6. The molecule has 1 amide bonds. The Labute approximate surface area is 129 Å². The van der Waals surface area contributed by atoms with Gasteiger partial charge in [-0.05, 0) is 22.9 Å². The van der Waals surface area contributed by atoms with Gasteiger partial charge in [-0.25, -0.2) is 0 Å². The molecule has 21 heavy (non-hydrogen) atoms. The van der Waals surface area contributed by atoms with Gasteiger partial charge in [0.1, 0.15) is 18.4 Å². The summed E-state index contributed by atoms with van der Waals surface area (Å²) in [6.45, 7) is 1.29. The minimum Gasteiger partial charge on any atom is -0.394 e. The van der Waals surface area contributed by atoms with Gasteiger partial charge in [-0.2, -0.15) is 0 Å². The van der Waals surface area contributed by atoms with Crippen LogP contribution < -0.4 is 5.73 Å². The molecule has 3 rings (SSSR count). The van der Waals surface area contributed by atoms with E-state index in [4.69, 9.17) is 10.5 Å². The molecule has 8 nitrogen and oxygen atoms in total. The molecule has 3 aliphatic heterocycles. The summed E-state index contributed by atoms with van der Waals surface area (Å²) in [5.74, 6) is -0.269. The van der Waals surface area contributed by atoms with Crippen LogP contribution in [0.25, 0.3) is 0 Å². The Hall–Kier alpha value is -1.29. The third kappa shape index (κ3) is 2.20. The largest absolute Gasteiger partial charge is 0.394 e. The maximum absolute atomic E-state index is 12.0. The molecule has 0 radical (unpaired) electrons. The third-order valence-corrected chi connectivity index (χ3v) is 4.59. The molecule has 0 aromatic heterocycles.